The highest BCUT2D eigenvalue weighted by Crippen LogP contribution is 2.32. The maximum Gasteiger partial charge on any atom is 0.261 e. The van der Waals surface area contributed by atoms with Crippen LogP contribution in [-0.2, 0) is 19.4 Å². The third kappa shape index (κ3) is 2.94. The number of nitrogens with zero attached hydrogens (tertiary/aromatic N) is 3. The highest BCUT2D eigenvalue weighted by Gasteiger charge is 2.20. The lowest BCUT2D eigenvalue weighted by molar-refractivity contribution is 0.0954. The highest BCUT2D eigenvalue weighted by atomic mass is 32.1. The smallest absolute Gasteiger partial charge is 0.261 e. The van der Waals surface area contributed by atoms with Gasteiger partial charge < -0.3 is 5.32 Å². The summed E-state index contributed by atoms with van der Waals surface area (Å²) in [6, 6.07) is 4.01. The van der Waals surface area contributed by atoms with Crippen molar-refractivity contribution in [3.05, 3.63) is 51.2 Å². The van der Waals surface area contributed by atoms with E-state index in [0.29, 0.717) is 12.3 Å². The molecule has 1 atom stereocenters. The van der Waals surface area contributed by atoms with Gasteiger partial charge in [-0.3, -0.25) is 9.20 Å². The molecule has 6 heteroatoms. The van der Waals surface area contributed by atoms with Crippen LogP contribution in [-0.4, -0.2) is 20.3 Å². The third-order valence-corrected chi connectivity index (χ3v) is 5.73. The molecule has 0 saturated carbocycles. The number of carbonyl (C=O) groups is 1. The zero-order valence-corrected chi connectivity index (χ0v) is 14.7. The number of carbonyl (C=O) groups excluding carboxylic acids is 1. The number of fused-ring (bicyclic) bond motifs is 2. The lowest BCUT2D eigenvalue weighted by atomic mass is 9.90. The van der Waals surface area contributed by atoms with E-state index in [4.69, 9.17) is 0 Å². The molecule has 0 spiro atoms. The number of imidazole rings is 1. The monoisotopic (exact) mass is 340 g/mol. The van der Waals surface area contributed by atoms with E-state index in [1.54, 1.807) is 11.3 Å². The van der Waals surface area contributed by atoms with Crippen LogP contribution >= 0.6 is 11.3 Å². The number of hydrogen-bond acceptors (Lipinski definition) is 4. The maximum absolute atomic E-state index is 12.4. The zero-order valence-electron chi connectivity index (χ0n) is 13.9. The van der Waals surface area contributed by atoms with Crippen molar-refractivity contribution >= 4 is 23.0 Å². The molecule has 1 unspecified atom stereocenters. The van der Waals surface area contributed by atoms with Gasteiger partial charge in [0.25, 0.3) is 5.91 Å². The fraction of sp³-hybridized carbons (Fsp3) is 0.389. The maximum atomic E-state index is 12.4. The number of amides is 1. The SMILES string of the molecule is Cc1ccn2cc(CNC(=O)c3cc4c(s3)CCC(C)C4)nc2n1. The summed E-state index contributed by atoms with van der Waals surface area (Å²) in [6.45, 7) is 4.63. The van der Waals surface area contributed by atoms with E-state index < -0.39 is 0 Å². The third-order valence-electron chi connectivity index (χ3n) is 4.50. The molecule has 124 valence electrons. The fourth-order valence-electron chi connectivity index (χ4n) is 3.17. The van der Waals surface area contributed by atoms with Crippen molar-refractivity contribution in [3.8, 4) is 0 Å². The normalized spacial score (nSPS) is 17.0. The van der Waals surface area contributed by atoms with Gasteiger partial charge in [-0.15, -0.1) is 11.3 Å². The Bertz CT molecular complexity index is 911. The molecule has 0 fully saturated rings. The summed E-state index contributed by atoms with van der Waals surface area (Å²) < 4.78 is 1.87. The minimum absolute atomic E-state index is 0.0109. The number of aryl methyl sites for hydroxylation is 2. The van der Waals surface area contributed by atoms with Crippen LogP contribution in [0, 0.1) is 12.8 Å². The summed E-state index contributed by atoms with van der Waals surface area (Å²) in [7, 11) is 0. The number of thiophene rings is 1. The molecule has 1 amide bonds. The van der Waals surface area contributed by atoms with E-state index in [1.807, 2.05) is 29.8 Å². The quantitative estimate of drug-likeness (QED) is 0.797. The van der Waals surface area contributed by atoms with Gasteiger partial charge in [-0.05, 0) is 49.8 Å². The molecule has 0 aliphatic heterocycles. The predicted molar refractivity (Wildman–Crippen MR) is 94.4 cm³/mol. The predicted octanol–water partition coefficient (Wildman–Crippen LogP) is 3.15. The summed E-state index contributed by atoms with van der Waals surface area (Å²) in [5.41, 5.74) is 3.11. The van der Waals surface area contributed by atoms with E-state index in [9.17, 15) is 4.79 Å². The minimum atomic E-state index is -0.0109. The minimum Gasteiger partial charge on any atom is -0.346 e. The second-order valence-corrected chi connectivity index (χ2v) is 7.73. The van der Waals surface area contributed by atoms with Gasteiger partial charge in [-0.2, -0.15) is 0 Å². The Labute approximate surface area is 144 Å². The van der Waals surface area contributed by atoms with Crippen molar-refractivity contribution < 1.29 is 4.79 Å². The van der Waals surface area contributed by atoms with Crippen molar-refractivity contribution in [1.82, 2.24) is 19.7 Å². The molecule has 0 radical (unpaired) electrons. The first-order chi connectivity index (χ1) is 11.6. The van der Waals surface area contributed by atoms with Crippen molar-refractivity contribution in [2.24, 2.45) is 5.92 Å². The molecule has 0 saturated heterocycles. The molecule has 3 heterocycles. The van der Waals surface area contributed by atoms with Crippen LogP contribution in [0.4, 0.5) is 0 Å². The van der Waals surface area contributed by atoms with Crippen molar-refractivity contribution in [1.29, 1.82) is 0 Å². The van der Waals surface area contributed by atoms with Gasteiger partial charge in [0.2, 0.25) is 5.78 Å². The summed E-state index contributed by atoms with van der Waals surface area (Å²) in [5, 5.41) is 2.98. The topological polar surface area (TPSA) is 59.3 Å². The molecule has 0 bridgehead atoms. The molecule has 0 aromatic carbocycles. The first kappa shape index (κ1) is 15.3. The van der Waals surface area contributed by atoms with Crippen LogP contribution in [0.3, 0.4) is 0 Å². The summed E-state index contributed by atoms with van der Waals surface area (Å²) in [4.78, 5) is 23.5. The van der Waals surface area contributed by atoms with Crippen LogP contribution < -0.4 is 5.32 Å². The largest absolute Gasteiger partial charge is 0.346 e. The van der Waals surface area contributed by atoms with Crippen LogP contribution in [0.1, 0.15) is 44.8 Å². The molecular formula is C18H20N4OS. The average molecular weight is 340 g/mol. The summed E-state index contributed by atoms with van der Waals surface area (Å²) >= 11 is 1.64. The summed E-state index contributed by atoms with van der Waals surface area (Å²) in [5.74, 6) is 1.38. The Hall–Kier alpha value is -2.21. The summed E-state index contributed by atoms with van der Waals surface area (Å²) in [6.07, 6.45) is 7.26. The molecule has 1 aliphatic rings. The Kier molecular flexibility index (Phi) is 3.84. The van der Waals surface area contributed by atoms with E-state index in [0.717, 1.165) is 35.0 Å². The van der Waals surface area contributed by atoms with E-state index in [2.05, 4.69) is 28.3 Å². The van der Waals surface area contributed by atoms with E-state index in [-0.39, 0.29) is 5.91 Å². The van der Waals surface area contributed by atoms with E-state index in [1.165, 1.54) is 16.9 Å². The van der Waals surface area contributed by atoms with Crippen LogP contribution in [0.25, 0.3) is 5.78 Å². The van der Waals surface area contributed by atoms with Gasteiger partial charge in [0.05, 0.1) is 17.1 Å². The molecular weight excluding hydrogens is 320 g/mol. The molecule has 3 aromatic rings. The van der Waals surface area contributed by atoms with Crippen LogP contribution in [0.2, 0.25) is 0 Å². The van der Waals surface area contributed by atoms with E-state index >= 15 is 0 Å². The van der Waals surface area contributed by atoms with Crippen molar-refractivity contribution in [2.75, 3.05) is 0 Å². The average Bonchev–Trinajstić information content (AvgIpc) is 3.15. The first-order valence-electron chi connectivity index (χ1n) is 8.29. The second-order valence-electron chi connectivity index (χ2n) is 6.60. The highest BCUT2D eigenvalue weighted by molar-refractivity contribution is 7.14. The van der Waals surface area contributed by atoms with Gasteiger partial charge in [-0.25, -0.2) is 9.97 Å². The number of rotatable bonds is 3. The van der Waals surface area contributed by atoms with Gasteiger partial charge in [-0.1, -0.05) is 6.92 Å². The number of hydrogen-bond donors (Lipinski definition) is 1. The fourth-order valence-corrected chi connectivity index (χ4v) is 4.29. The molecule has 5 nitrogen and oxygen atoms in total. The standard InChI is InChI=1S/C18H20N4OS/c1-11-3-4-15-13(7-11)8-16(24-15)17(23)19-9-14-10-22-6-5-12(2)20-18(22)21-14/h5-6,8,10-11H,3-4,7,9H2,1-2H3,(H,19,23). The van der Waals surface area contributed by atoms with Gasteiger partial charge in [0.15, 0.2) is 0 Å². The molecule has 1 N–H and O–H groups in total. The lowest BCUT2D eigenvalue weighted by Gasteiger charge is -2.16. The Morgan fingerprint density at radius 3 is 3.21 bits per heavy atom. The molecule has 3 aromatic heterocycles. The van der Waals surface area contributed by atoms with Crippen LogP contribution in [0.5, 0.6) is 0 Å². The molecule has 1 aliphatic carbocycles. The van der Waals surface area contributed by atoms with Crippen molar-refractivity contribution in [3.63, 3.8) is 0 Å². The number of aromatic nitrogens is 3. The Balaban J connectivity index is 1.46. The van der Waals surface area contributed by atoms with Gasteiger partial charge >= 0.3 is 0 Å². The second kappa shape index (κ2) is 6.02. The number of nitrogens with one attached hydrogen (secondary N) is 1. The van der Waals surface area contributed by atoms with Gasteiger partial charge in [0.1, 0.15) is 0 Å². The Morgan fingerprint density at radius 1 is 1.46 bits per heavy atom. The Morgan fingerprint density at radius 2 is 2.33 bits per heavy atom. The zero-order chi connectivity index (χ0) is 16.7. The first-order valence-corrected chi connectivity index (χ1v) is 9.11. The lowest BCUT2D eigenvalue weighted by Crippen LogP contribution is -2.21. The molecule has 24 heavy (non-hydrogen) atoms. The van der Waals surface area contributed by atoms with Crippen molar-refractivity contribution in [2.45, 2.75) is 39.7 Å². The van der Waals surface area contributed by atoms with Crippen LogP contribution in [0.15, 0.2) is 24.5 Å². The van der Waals surface area contributed by atoms with Gasteiger partial charge in [0, 0.05) is 23.0 Å². The molecule has 4 rings (SSSR count).